The molecule has 0 unspecified atom stereocenters. The largest absolute Gasteiger partial charge is 0.385 e. The lowest BCUT2D eigenvalue weighted by Gasteiger charge is -2.03. The molecule has 0 atom stereocenters. The SMILES string of the molecule is N=C/C(=C\NCC(F)F)CC(=N)C(=N)I. The second-order valence-electron chi connectivity index (χ2n) is 2.63. The van der Waals surface area contributed by atoms with Gasteiger partial charge in [-0.3, -0.25) is 5.41 Å². The molecule has 84 valence electrons. The van der Waals surface area contributed by atoms with Crippen molar-refractivity contribution in [3.63, 3.8) is 0 Å². The number of allylic oxidation sites excluding steroid dienone is 1. The van der Waals surface area contributed by atoms with Gasteiger partial charge >= 0.3 is 0 Å². The van der Waals surface area contributed by atoms with Gasteiger partial charge in [0, 0.05) is 18.8 Å². The van der Waals surface area contributed by atoms with E-state index >= 15 is 0 Å². The van der Waals surface area contributed by atoms with Gasteiger partial charge in [-0.05, 0) is 28.2 Å². The van der Waals surface area contributed by atoms with E-state index in [1.165, 1.54) is 6.20 Å². The van der Waals surface area contributed by atoms with Crippen LogP contribution in [0.5, 0.6) is 0 Å². The number of nitrogens with one attached hydrogen (secondary N) is 4. The minimum Gasteiger partial charge on any atom is -0.385 e. The lowest BCUT2D eigenvalue weighted by atomic mass is 10.1. The molecule has 0 saturated carbocycles. The summed E-state index contributed by atoms with van der Waals surface area (Å²) in [7, 11) is 0. The summed E-state index contributed by atoms with van der Waals surface area (Å²) < 4.78 is 23.6. The van der Waals surface area contributed by atoms with Crippen molar-refractivity contribution in [2.45, 2.75) is 12.8 Å². The molecule has 4 N–H and O–H groups in total. The van der Waals surface area contributed by atoms with Crippen molar-refractivity contribution in [1.82, 2.24) is 5.32 Å². The lowest BCUT2D eigenvalue weighted by molar-refractivity contribution is 0.150. The van der Waals surface area contributed by atoms with Gasteiger partial charge in [0.2, 0.25) is 0 Å². The molecule has 0 amide bonds. The maximum atomic E-state index is 11.8. The fraction of sp³-hybridized carbons (Fsp3) is 0.375. The Balaban J connectivity index is 4.18. The van der Waals surface area contributed by atoms with E-state index in [1.807, 2.05) is 0 Å². The van der Waals surface area contributed by atoms with Crippen LogP contribution >= 0.6 is 22.6 Å². The molecule has 0 rings (SSSR count). The van der Waals surface area contributed by atoms with Gasteiger partial charge in [-0.2, -0.15) is 0 Å². The summed E-state index contributed by atoms with van der Waals surface area (Å²) in [5.74, 6) is 0. The standard InChI is InChI=1S/C8H11F2IN4/c9-7(10)4-15-3-5(2-12)1-6(13)8(11)14/h2-3,7,12-15H,1,4H2/b5-3-,12-2?,13-6?,14-8?. The normalized spacial score (nSPS) is 11.3. The van der Waals surface area contributed by atoms with Gasteiger partial charge in [0.1, 0.15) is 3.72 Å². The highest BCUT2D eigenvalue weighted by molar-refractivity contribution is 14.1. The van der Waals surface area contributed by atoms with Crippen LogP contribution in [0.4, 0.5) is 8.78 Å². The fourth-order valence-corrected chi connectivity index (χ4v) is 0.895. The first-order chi connectivity index (χ1) is 6.97. The van der Waals surface area contributed by atoms with E-state index in [4.69, 9.17) is 16.2 Å². The first-order valence-corrected chi connectivity index (χ1v) is 5.08. The molecule has 0 aromatic rings. The molecule has 0 bridgehead atoms. The quantitative estimate of drug-likeness (QED) is 0.419. The van der Waals surface area contributed by atoms with E-state index < -0.39 is 13.0 Å². The summed E-state index contributed by atoms with van der Waals surface area (Å²) in [6, 6.07) is 0. The molecule has 7 heteroatoms. The third kappa shape index (κ3) is 7.11. The Morgan fingerprint density at radius 3 is 2.40 bits per heavy atom. The second kappa shape index (κ2) is 7.43. The summed E-state index contributed by atoms with van der Waals surface area (Å²) in [6.45, 7) is -0.480. The van der Waals surface area contributed by atoms with Crippen LogP contribution in [0, 0.1) is 16.2 Å². The van der Waals surface area contributed by atoms with Crippen molar-refractivity contribution >= 4 is 38.2 Å². The first-order valence-electron chi connectivity index (χ1n) is 4.00. The van der Waals surface area contributed by atoms with E-state index in [0.29, 0.717) is 5.57 Å². The van der Waals surface area contributed by atoms with Gasteiger partial charge < -0.3 is 16.1 Å². The van der Waals surface area contributed by atoms with Gasteiger partial charge in [-0.15, -0.1) is 0 Å². The molecule has 0 aromatic carbocycles. The Hall–Kier alpha value is -0.860. The van der Waals surface area contributed by atoms with Crippen LogP contribution in [0.2, 0.25) is 0 Å². The van der Waals surface area contributed by atoms with Crippen LogP contribution in [0.15, 0.2) is 11.8 Å². The first kappa shape index (κ1) is 14.1. The van der Waals surface area contributed by atoms with Crippen LogP contribution in [0.1, 0.15) is 6.42 Å². The maximum absolute atomic E-state index is 11.8. The van der Waals surface area contributed by atoms with E-state index in [9.17, 15) is 8.78 Å². The number of hydrogen-bond acceptors (Lipinski definition) is 4. The number of halogens is 3. The van der Waals surface area contributed by atoms with Gasteiger partial charge in [0.15, 0.2) is 0 Å². The minimum atomic E-state index is -2.45. The van der Waals surface area contributed by atoms with Crippen LogP contribution < -0.4 is 5.32 Å². The Morgan fingerprint density at radius 1 is 1.40 bits per heavy atom. The van der Waals surface area contributed by atoms with Crippen molar-refractivity contribution in [2.75, 3.05) is 6.54 Å². The summed E-state index contributed by atoms with van der Waals surface area (Å²) >= 11 is 1.68. The molecule has 0 aliphatic heterocycles. The topological polar surface area (TPSA) is 83.6 Å². The van der Waals surface area contributed by atoms with E-state index in [-0.39, 0.29) is 15.9 Å². The average molecular weight is 328 g/mol. The predicted octanol–water partition coefficient (Wildman–Crippen LogP) is 2.20. The monoisotopic (exact) mass is 328 g/mol. The summed E-state index contributed by atoms with van der Waals surface area (Å²) in [5, 5.41) is 23.8. The van der Waals surface area contributed by atoms with Crippen LogP contribution in [0.25, 0.3) is 0 Å². The highest BCUT2D eigenvalue weighted by Crippen LogP contribution is 2.02. The average Bonchev–Trinajstić information content (AvgIpc) is 2.15. The zero-order valence-electron chi connectivity index (χ0n) is 7.78. The fourth-order valence-electron chi connectivity index (χ4n) is 0.705. The Labute approximate surface area is 99.8 Å². The molecular weight excluding hydrogens is 317 g/mol. The van der Waals surface area contributed by atoms with E-state index in [1.54, 1.807) is 22.6 Å². The third-order valence-electron chi connectivity index (χ3n) is 1.39. The maximum Gasteiger partial charge on any atom is 0.255 e. The van der Waals surface area contributed by atoms with Gasteiger partial charge in [-0.25, -0.2) is 8.78 Å². The second-order valence-corrected chi connectivity index (χ2v) is 3.71. The Morgan fingerprint density at radius 2 is 2.00 bits per heavy atom. The van der Waals surface area contributed by atoms with Crippen LogP contribution in [0.3, 0.4) is 0 Å². The molecule has 15 heavy (non-hydrogen) atoms. The smallest absolute Gasteiger partial charge is 0.255 e. The van der Waals surface area contributed by atoms with E-state index in [0.717, 1.165) is 6.21 Å². The van der Waals surface area contributed by atoms with Gasteiger partial charge in [-0.1, -0.05) is 0 Å². The summed E-state index contributed by atoms with van der Waals surface area (Å²) in [6.07, 6.45) is -0.1000. The molecule has 0 fully saturated rings. The van der Waals surface area contributed by atoms with E-state index in [2.05, 4.69) is 5.32 Å². The Bertz CT molecular complexity index is 288. The number of rotatable bonds is 7. The molecule has 4 nitrogen and oxygen atoms in total. The van der Waals surface area contributed by atoms with Crippen molar-refractivity contribution in [2.24, 2.45) is 0 Å². The van der Waals surface area contributed by atoms with Gasteiger partial charge in [0.05, 0.1) is 12.3 Å². The van der Waals surface area contributed by atoms with Crippen molar-refractivity contribution in [3.8, 4) is 0 Å². The van der Waals surface area contributed by atoms with Crippen LogP contribution in [-0.4, -0.2) is 28.6 Å². The summed E-state index contributed by atoms with van der Waals surface area (Å²) in [4.78, 5) is 0. The third-order valence-corrected chi connectivity index (χ3v) is 2.04. The molecule has 0 saturated heterocycles. The molecule has 0 radical (unpaired) electrons. The molecular formula is C8H11F2IN4. The van der Waals surface area contributed by atoms with Crippen molar-refractivity contribution in [1.29, 1.82) is 16.2 Å². The predicted molar refractivity (Wildman–Crippen MR) is 65.0 cm³/mol. The molecule has 0 aliphatic carbocycles. The molecule has 0 aliphatic rings. The summed E-state index contributed by atoms with van der Waals surface area (Å²) in [5.41, 5.74) is 0.450. The van der Waals surface area contributed by atoms with Crippen LogP contribution in [-0.2, 0) is 0 Å². The molecule has 0 spiro atoms. The van der Waals surface area contributed by atoms with Crippen molar-refractivity contribution in [3.05, 3.63) is 11.8 Å². The number of alkyl halides is 2. The minimum absolute atomic E-state index is 0.0594. The Kier molecular flexibility index (Phi) is 7.01. The zero-order chi connectivity index (χ0) is 11.8. The highest BCUT2D eigenvalue weighted by Gasteiger charge is 2.04. The molecule has 0 aromatic heterocycles. The zero-order valence-corrected chi connectivity index (χ0v) is 9.94. The lowest BCUT2D eigenvalue weighted by Crippen LogP contribution is -2.17. The molecule has 0 heterocycles. The van der Waals surface area contributed by atoms with Gasteiger partial charge in [0.25, 0.3) is 6.43 Å². The highest BCUT2D eigenvalue weighted by atomic mass is 127. The van der Waals surface area contributed by atoms with Crippen molar-refractivity contribution < 1.29 is 8.78 Å². The number of hydrogen-bond donors (Lipinski definition) is 4.